The fraction of sp³-hybridized carbons (Fsp3) is 0. The van der Waals surface area contributed by atoms with Crippen LogP contribution in [0.3, 0.4) is 0 Å². The lowest BCUT2D eigenvalue weighted by Gasteiger charge is -2.10. The van der Waals surface area contributed by atoms with Gasteiger partial charge in [-0.25, -0.2) is 14.8 Å². The number of hydrogen-bond donors (Lipinski definition) is 2. The predicted molar refractivity (Wildman–Crippen MR) is 73.7 cm³/mol. The summed E-state index contributed by atoms with van der Waals surface area (Å²) < 4.78 is 0. The van der Waals surface area contributed by atoms with Crippen molar-refractivity contribution < 1.29 is 9.90 Å². The zero-order valence-corrected chi connectivity index (χ0v) is 11.5. The molecular weight excluding hydrogens is 312 g/mol. The van der Waals surface area contributed by atoms with Gasteiger partial charge in [0.05, 0.1) is 20.8 Å². The number of anilines is 2. The molecule has 0 fully saturated rings. The fourth-order valence-corrected chi connectivity index (χ4v) is 1.93. The molecule has 2 rings (SSSR count). The molecule has 5 nitrogen and oxygen atoms in total. The number of benzene rings is 1. The summed E-state index contributed by atoms with van der Waals surface area (Å²) in [5, 5.41) is 12.7. The topological polar surface area (TPSA) is 75.1 Å². The number of aromatic nitrogens is 2. The molecule has 0 spiro atoms. The molecule has 0 aliphatic heterocycles. The maximum atomic E-state index is 11.0. The molecule has 0 aliphatic carbocycles. The number of halogens is 3. The smallest absolute Gasteiger partial charge is 0.341 e. The van der Waals surface area contributed by atoms with Gasteiger partial charge in [0, 0.05) is 6.20 Å². The van der Waals surface area contributed by atoms with Gasteiger partial charge in [-0.2, -0.15) is 0 Å². The highest BCUT2D eigenvalue weighted by atomic mass is 35.5. The average molecular weight is 319 g/mol. The van der Waals surface area contributed by atoms with Crippen LogP contribution >= 0.6 is 34.8 Å². The monoisotopic (exact) mass is 317 g/mol. The van der Waals surface area contributed by atoms with Crippen molar-refractivity contribution in [3.05, 3.63) is 45.3 Å². The minimum absolute atomic E-state index is 0.0790. The first kappa shape index (κ1) is 13.9. The van der Waals surface area contributed by atoms with Crippen molar-refractivity contribution in [1.29, 1.82) is 0 Å². The number of rotatable bonds is 3. The van der Waals surface area contributed by atoms with Crippen molar-refractivity contribution in [1.82, 2.24) is 9.97 Å². The summed E-state index contributed by atoms with van der Waals surface area (Å²) in [6.45, 7) is 0. The molecule has 0 aliphatic rings. The van der Waals surface area contributed by atoms with Gasteiger partial charge in [-0.15, -0.1) is 0 Å². The number of aromatic carboxylic acids is 1. The predicted octanol–water partition coefficient (Wildman–Crippen LogP) is 3.88. The Kier molecular flexibility index (Phi) is 4.09. The molecule has 0 unspecified atom stereocenters. The van der Waals surface area contributed by atoms with Crippen molar-refractivity contribution in [2.45, 2.75) is 0 Å². The molecule has 8 heteroatoms. The van der Waals surface area contributed by atoms with Gasteiger partial charge < -0.3 is 10.4 Å². The van der Waals surface area contributed by atoms with Gasteiger partial charge in [0.2, 0.25) is 0 Å². The van der Waals surface area contributed by atoms with E-state index in [9.17, 15) is 4.79 Å². The van der Waals surface area contributed by atoms with E-state index < -0.39 is 5.97 Å². The Labute approximate surface area is 123 Å². The van der Waals surface area contributed by atoms with Crippen LogP contribution in [-0.2, 0) is 0 Å². The quantitative estimate of drug-likeness (QED) is 0.840. The van der Waals surface area contributed by atoms with E-state index in [0.29, 0.717) is 20.8 Å². The Morgan fingerprint density at radius 3 is 2.53 bits per heavy atom. The minimum atomic E-state index is -1.15. The molecule has 2 N–H and O–H groups in total. The first-order valence-corrected chi connectivity index (χ1v) is 6.07. The second-order valence-electron chi connectivity index (χ2n) is 3.46. The largest absolute Gasteiger partial charge is 0.477 e. The Bertz CT molecular complexity index is 649. The summed E-state index contributed by atoms with van der Waals surface area (Å²) in [5.74, 6) is -1.04. The molecule has 0 bridgehead atoms. The van der Waals surface area contributed by atoms with E-state index in [-0.39, 0.29) is 11.4 Å². The Morgan fingerprint density at radius 1 is 1.16 bits per heavy atom. The average Bonchev–Trinajstić information content (AvgIpc) is 2.36. The maximum absolute atomic E-state index is 11.0. The first-order chi connectivity index (χ1) is 8.99. The van der Waals surface area contributed by atoms with Gasteiger partial charge in [-0.1, -0.05) is 34.8 Å². The highest BCUT2D eigenvalue weighted by molar-refractivity contribution is 6.44. The Hall–Kier alpha value is -1.56. The second kappa shape index (κ2) is 5.61. The van der Waals surface area contributed by atoms with Gasteiger partial charge in [-0.05, 0) is 12.1 Å². The summed E-state index contributed by atoms with van der Waals surface area (Å²) in [7, 11) is 0. The number of carboxylic acid groups (broad SMARTS) is 1. The highest BCUT2D eigenvalue weighted by Gasteiger charge is 2.13. The molecule has 0 atom stereocenters. The lowest BCUT2D eigenvalue weighted by Crippen LogP contribution is -2.05. The molecule has 1 heterocycles. The van der Waals surface area contributed by atoms with E-state index in [1.165, 1.54) is 24.7 Å². The van der Waals surface area contributed by atoms with E-state index in [1.807, 2.05) is 0 Å². The fourth-order valence-electron chi connectivity index (χ4n) is 1.33. The third-order valence-corrected chi connectivity index (χ3v) is 3.24. The zero-order chi connectivity index (χ0) is 14.0. The first-order valence-electron chi connectivity index (χ1n) is 4.94. The maximum Gasteiger partial charge on any atom is 0.341 e. The van der Waals surface area contributed by atoms with E-state index in [2.05, 4.69) is 15.3 Å². The second-order valence-corrected chi connectivity index (χ2v) is 4.68. The molecular formula is C11H6Cl3N3O2. The van der Waals surface area contributed by atoms with Crippen molar-refractivity contribution >= 4 is 52.3 Å². The van der Waals surface area contributed by atoms with Gasteiger partial charge in [-0.3, -0.25) is 0 Å². The van der Waals surface area contributed by atoms with Crippen LogP contribution < -0.4 is 5.32 Å². The zero-order valence-electron chi connectivity index (χ0n) is 9.19. The van der Waals surface area contributed by atoms with Crippen LogP contribution in [-0.4, -0.2) is 21.0 Å². The van der Waals surface area contributed by atoms with E-state index in [0.717, 1.165) is 0 Å². The third-order valence-electron chi connectivity index (χ3n) is 2.21. The third kappa shape index (κ3) is 3.07. The highest BCUT2D eigenvalue weighted by Crippen LogP contribution is 2.33. The van der Waals surface area contributed by atoms with E-state index in [1.54, 1.807) is 0 Å². The van der Waals surface area contributed by atoms with Crippen LogP contribution in [0.5, 0.6) is 0 Å². The Morgan fingerprint density at radius 2 is 1.84 bits per heavy atom. The number of carboxylic acids is 1. The molecule has 0 saturated heterocycles. The van der Waals surface area contributed by atoms with Crippen LogP contribution in [0.1, 0.15) is 10.4 Å². The number of carbonyl (C=O) groups is 1. The number of hydrogen-bond acceptors (Lipinski definition) is 4. The standard InChI is InChI=1S/C11H6Cl3N3O2/c12-6-1-8(14)9(2-7(6)13)17-10-5(11(18)19)3-15-4-16-10/h1-4H,(H,18,19)(H,15,16,17). The van der Waals surface area contributed by atoms with Crippen LogP contribution in [0.15, 0.2) is 24.7 Å². The summed E-state index contributed by atoms with van der Waals surface area (Å²) in [5.41, 5.74) is 0.321. The number of nitrogens with one attached hydrogen (secondary N) is 1. The number of nitrogens with zero attached hydrogens (tertiary/aromatic N) is 2. The molecule has 2 aromatic rings. The Balaban J connectivity index is 2.42. The van der Waals surface area contributed by atoms with Crippen LogP contribution in [0.4, 0.5) is 11.5 Å². The molecule has 19 heavy (non-hydrogen) atoms. The van der Waals surface area contributed by atoms with Gasteiger partial charge in [0.25, 0.3) is 0 Å². The summed E-state index contributed by atoms with van der Waals surface area (Å²) in [6, 6.07) is 2.94. The summed E-state index contributed by atoms with van der Waals surface area (Å²) in [4.78, 5) is 18.5. The molecule has 1 aromatic carbocycles. The van der Waals surface area contributed by atoms with Crippen LogP contribution in [0, 0.1) is 0 Å². The normalized spacial score (nSPS) is 10.3. The van der Waals surface area contributed by atoms with Crippen molar-refractivity contribution in [3.8, 4) is 0 Å². The van der Waals surface area contributed by atoms with Crippen LogP contribution in [0.25, 0.3) is 0 Å². The van der Waals surface area contributed by atoms with Crippen molar-refractivity contribution in [2.75, 3.05) is 5.32 Å². The summed E-state index contributed by atoms with van der Waals surface area (Å²) >= 11 is 17.7. The SMILES string of the molecule is O=C(O)c1cncnc1Nc1cc(Cl)c(Cl)cc1Cl. The minimum Gasteiger partial charge on any atom is -0.477 e. The molecule has 1 aromatic heterocycles. The molecule has 0 saturated carbocycles. The van der Waals surface area contributed by atoms with Gasteiger partial charge in [0.1, 0.15) is 17.7 Å². The van der Waals surface area contributed by atoms with E-state index >= 15 is 0 Å². The lowest BCUT2D eigenvalue weighted by molar-refractivity contribution is 0.0697. The van der Waals surface area contributed by atoms with Crippen LogP contribution in [0.2, 0.25) is 15.1 Å². The van der Waals surface area contributed by atoms with Gasteiger partial charge >= 0.3 is 5.97 Å². The lowest BCUT2D eigenvalue weighted by atomic mass is 10.2. The van der Waals surface area contributed by atoms with Crippen molar-refractivity contribution in [3.63, 3.8) is 0 Å². The van der Waals surface area contributed by atoms with E-state index in [4.69, 9.17) is 39.9 Å². The molecule has 98 valence electrons. The summed E-state index contributed by atoms with van der Waals surface area (Å²) in [6.07, 6.45) is 2.41. The van der Waals surface area contributed by atoms with Gasteiger partial charge in [0.15, 0.2) is 0 Å². The van der Waals surface area contributed by atoms with Crippen molar-refractivity contribution in [2.24, 2.45) is 0 Å². The molecule has 0 radical (unpaired) electrons. The molecule has 0 amide bonds.